The van der Waals surface area contributed by atoms with Gasteiger partial charge in [0.1, 0.15) is 11.1 Å². The van der Waals surface area contributed by atoms with E-state index >= 15 is 0 Å². The van der Waals surface area contributed by atoms with E-state index in [1.54, 1.807) is 6.07 Å². The molecular formula is C14H17ClN2O3. The minimum absolute atomic E-state index is 0.00505. The van der Waals surface area contributed by atoms with Crippen molar-refractivity contribution in [3.8, 4) is 5.88 Å². The lowest BCUT2D eigenvalue weighted by Crippen LogP contribution is -2.25. The SMILES string of the molecule is O=C(NCC1CC1)c1cnc(O[C@@H]2CCOC2)c(Cl)c1. The highest BCUT2D eigenvalue weighted by Gasteiger charge is 2.23. The summed E-state index contributed by atoms with van der Waals surface area (Å²) < 4.78 is 10.9. The van der Waals surface area contributed by atoms with Crippen LogP contribution in [0.2, 0.25) is 5.02 Å². The van der Waals surface area contributed by atoms with Crippen LogP contribution in [0.1, 0.15) is 29.6 Å². The average molecular weight is 297 g/mol. The Hall–Kier alpha value is -1.33. The number of amides is 1. The van der Waals surface area contributed by atoms with Crippen LogP contribution in [0.4, 0.5) is 0 Å². The second-order valence-electron chi connectivity index (χ2n) is 5.27. The quantitative estimate of drug-likeness (QED) is 0.903. The van der Waals surface area contributed by atoms with Gasteiger partial charge in [0.05, 0.1) is 18.8 Å². The summed E-state index contributed by atoms with van der Waals surface area (Å²) in [4.78, 5) is 16.0. The van der Waals surface area contributed by atoms with Gasteiger partial charge in [-0.05, 0) is 24.8 Å². The van der Waals surface area contributed by atoms with Gasteiger partial charge in [-0.2, -0.15) is 0 Å². The van der Waals surface area contributed by atoms with Gasteiger partial charge in [-0.3, -0.25) is 4.79 Å². The first-order valence-corrected chi connectivity index (χ1v) is 7.28. The molecule has 1 saturated heterocycles. The molecule has 20 heavy (non-hydrogen) atoms. The summed E-state index contributed by atoms with van der Waals surface area (Å²) in [6.07, 6.45) is 4.74. The van der Waals surface area contributed by atoms with Gasteiger partial charge >= 0.3 is 0 Å². The van der Waals surface area contributed by atoms with Crippen LogP contribution in [0.3, 0.4) is 0 Å². The summed E-state index contributed by atoms with van der Waals surface area (Å²) in [5.41, 5.74) is 0.464. The molecule has 1 aliphatic heterocycles. The van der Waals surface area contributed by atoms with Crippen molar-refractivity contribution < 1.29 is 14.3 Å². The number of carbonyl (C=O) groups excluding carboxylic acids is 1. The van der Waals surface area contributed by atoms with Gasteiger partial charge in [-0.15, -0.1) is 0 Å². The normalized spacial score (nSPS) is 21.8. The van der Waals surface area contributed by atoms with Crippen molar-refractivity contribution in [2.75, 3.05) is 19.8 Å². The fourth-order valence-corrected chi connectivity index (χ4v) is 2.27. The van der Waals surface area contributed by atoms with Crippen molar-refractivity contribution >= 4 is 17.5 Å². The van der Waals surface area contributed by atoms with E-state index in [1.807, 2.05) is 0 Å². The van der Waals surface area contributed by atoms with E-state index in [4.69, 9.17) is 21.1 Å². The zero-order chi connectivity index (χ0) is 13.9. The van der Waals surface area contributed by atoms with E-state index in [1.165, 1.54) is 19.0 Å². The molecule has 2 heterocycles. The van der Waals surface area contributed by atoms with Gasteiger partial charge in [-0.1, -0.05) is 11.6 Å². The molecule has 1 aliphatic carbocycles. The topological polar surface area (TPSA) is 60.5 Å². The van der Waals surface area contributed by atoms with Gasteiger partial charge in [0.25, 0.3) is 5.91 Å². The third-order valence-electron chi connectivity index (χ3n) is 3.48. The molecule has 0 aromatic carbocycles. The number of rotatable bonds is 5. The first kappa shape index (κ1) is 13.6. The molecule has 1 amide bonds. The fraction of sp³-hybridized carbons (Fsp3) is 0.571. The smallest absolute Gasteiger partial charge is 0.252 e. The highest BCUT2D eigenvalue weighted by molar-refractivity contribution is 6.32. The maximum absolute atomic E-state index is 11.9. The highest BCUT2D eigenvalue weighted by atomic mass is 35.5. The number of aromatic nitrogens is 1. The number of pyridine rings is 1. The summed E-state index contributed by atoms with van der Waals surface area (Å²) in [6.45, 7) is 1.99. The lowest BCUT2D eigenvalue weighted by atomic mass is 10.2. The molecule has 3 rings (SSSR count). The van der Waals surface area contributed by atoms with Crippen molar-refractivity contribution in [3.05, 3.63) is 22.8 Å². The standard InChI is InChI=1S/C14H17ClN2O3/c15-12-5-10(13(18)16-6-9-1-2-9)7-17-14(12)20-11-3-4-19-8-11/h5,7,9,11H,1-4,6,8H2,(H,16,18)/t11-/m1/s1. The molecule has 1 N–H and O–H groups in total. The summed E-state index contributed by atoms with van der Waals surface area (Å²) >= 11 is 6.12. The van der Waals surface area contributed by atoms with Gasteiger partial charge in [0, 0.05) is 19.2 Å². The van der Waals surface area contributed by atoms with E-state index in [-0.39, 0.29) is 12.0 Å². The number of nitrogens with one attached hydrogen (secondary N) is 1. The molecule has 0 bridgehead atoms. The van der Waals surface area contributed by atoms with Crippen molar-refractivity contribution in [3.63, 3.8) is 0 Å². The minimum atomic E-state index is -0.137. The van der Waals surface area contributed by atoms with Crippen LogP contribution in [-0.2, 0) is 4.74 Å². The summed E-state index contributed by atoms with van der Waals surface area (Å²) in [6, 6.07) is 1.60. The number of halogens is 1. The van der Waals surface area contributed by atoms with Crippen LogP contribution < -0.4 is 10.1 Å². The zero-order valence-electron chi connectivity index (χ0n) is 11.1. The van der Waals surface area contributed by atoms with Crippen LogP contribution in [0.5, 0.6) is 5.88 Å². The van der Waals surface area contributed by atoms with E-state index in [9.17, 15) is 4.79 Å². The predicted molar refractivity (Wildman–Crippen MR) is 74.2 cm³/mol. The van der Waals surface area contributed by atoms with E-state index in [0.29, 0.717) is 35.6 Å². The molecule has 6 heteroatoms. The van der Waals surface area contributed by atoms with Crippen molar-refractivity contribution in [2.24, 2.45) is 5.92 Å². The fourth-order valence-electron chi connectivity index (χ4n) is 2.06. The van der Waals surface area contributed by atoms with E-state index in [2.05, 4.69) is 10.3 Å². The molecular weight excluding hydrogens is 280 g/mol. The highest BCUT2D eigenvalue weighted by Crippen LogP contribution is 2.28. The molecule has 2 aliphatic rings. The molecule has 5 nitrogen and oxygen atoms in total. The second-order valence-corrected chi connectivity index (χ2v) is 5.68. The Morgan fingerprint density at radius 3 is 3.00 bits per heavy atom. The zero-order valence-corrected chi connectivity index (χ0v) is 11.9. The Labute approximate surface area is 122 Å². The van der Waals surface area contributed by atoms with Crippen molar-refractivity contribution in [1.29, 1.82) is 0 Å². The lowest BCUT2D eigenvalue weighted by Gasteiger charge is -2.12. The van der Waals surface area contributed by atoms with Crippen molar-refractivity contribution in [2.45, 2.75) is 25.4 Å². The van der Waals surface area contributed by atoms with Crippen molar-refractivity contribution in [1.82, 2.24) is 10.3 Å². The first-order valence-electron chi connectivity index (χ1n) is 6.90. The Morgan fingerprint density at radius 2 is 2.35 bits per heavy atom. The summed E-state index contributed by atoms with van der Waals surface area (Å²) in [5, 5.41) is 3.24. The molecule has 1 aromatic rings. The number of hydrogen-bond donors (Lipinski definition) is 1. The Kier molecular flexibility index (Phi) is 4.08. The molecule has 0 unspecified atom stereocenters. The van der Waals surface area contributed by atoms with E-state index in [0.717, 1.165) is 13.0 Å². The number of nitrogens with zero attached hydrogens (tertiary/aromatic N) is 1. The Bertz CT molecular complexity index is 499. The van der Waals surface area contributed by atoms with Crippen LogP contribution in [0.25, 0.3) is 0 Å². The predicted octanol–water partition coefficient (Wildman–Crippen LogP) is 2.04. The Morgan fingerprint density at radius 1 is 1.50 bits per heavy atom. The largest absolute Gasteiger partial charge is 0.471 e. The molecule has 1 saturated carbocycles. The van der Waals surface area contributed by atoms with Gasteiger partial charge in [0.15, 0.2) is 0 Å². The van der Waals surface area contributed by atoms with Crippen LogP contribution in [0.15, 0.2) is 12.3 Å². The first-order chi connectivity index (χ1) is 9.72. The maximum Gasteiger partial charge on any atom is 0.252 e. The minimum Gasteiger partial charge on any atom is -0.471 e. The molecule has 2 fully saturated rings. The second kappa shape index (κ2) is 5.97. The number of hydrogen-bond acceptors (Lipinski definition) is 4. The lowest BCUT2D eigenvalue weighted by molar-refractivity contribution is 0.0951. The summed E-state index contributed by atoms with van der Waals surface area (Å²) in [7, 11) is 0. The number of carbonyl (C=O) groups is 1. The Balaban J connectivity index is 1.61. The monoisotopic (exact) mass is 296 g/mol. The van der Waals surface area contributed by atoms with Crippen LogP contribution in [-0.4, -0.2) is 36.8 Å². The maximum atomic E-state index is 11.9. The van der Waals surface area contributed by atoms with Crippen LogP contribution in [0, 0.1) is 5.92 Å². The average Bonchev–Trinajstić information content (AvgIpc) is 3.14. The number of ether oxygens (including phenoxy) is 2. The van der Waals surface area contributed by atoms with Gasteiger partial charge in [0.2, 0.25) is 5.88 Å². The third-order valence-corrected chi connectivity index (χ3v) is 3.75. The van der Waals surface area contributed by atoms with Gasteiger partial charge in [-0.25, -0.2) is 4.98 Å². The summed E-state index contributed by atoms with van der Waals surface area (Å²) in [5.74, 6) is 0.871. The van der Waals surface area contributed by atoms with Crippen LogP contribution >= 0.6 is 11.6 Å². The molecule has 108 valence electrons. The molecule has 0 radical (unpaired) electrons. The van der Waals surface area contributed by atoms with Gasteiger partial charge < -0.3 is 14.8 Å². The molecule has 1 atom stereocenters. The third kappa shape index (κ3) is 3.41. The molecule has 0 spiro atoms. The van der Waals surface area contributed by atoms with E-state index < -0.39 is 0 Å². The molecule has 1 aromatic heterocycles.